The van der Waals surface area contributed by atoms with Crippen LogP contribution in [0.25, 0.3) is 11.4 Å². The Balaban J connectivity index is 1.30. The van der Waals surface area contributed by atoms with Crippen LogP contribution in [0.15, 0.2) is 73.1 Å². The van der Waals surface area contributed by atoms with Crippen LogP contribution in [0.5, 0.6) is 0 Å². The van der Waals surface area contributed by atoms with Gasteiger partial charge in [-0.1, -0.05) is 45.0 Å². The van der Waals surface area contributed by atoms with Crippen LogP contribution in [-0.4, -0.2) is 33.9 Å². The minimum atomic E-state index is -0.151. The molecule has 7 nitrogen and oxygen atoms in total. The molecular weight excluding hydrogens is 484 g/mol. The first kappa shape index (κ1) is 26.4. The molecule has 1 aliphatic rings. The van der Waals surface area contributed by atoms with Crippen molar-refractivity contribution in [3.8, 4) is 11.4 Å². The maximum atomic E-state index is 13.0. The SMILES string of the molecule is Cc1c(NC(=O)c2ccc(C(C)(C)C)cc2)cccc1-c1ncnc(Nc2ccc(N3CCCCC3)cc2)n1. The minimum Gasteiger partial charge on any atom is -0.372 e. The molecule has 0 spiro atoms. The van der Waals surface area contributed by atoms with Gasteiger partial charge in [0.25, 0.3) is 5.91 Å². The highest BCUT2D eigenvalue weighted by atomic mass is 16.1. The van der Waals surface area contributed by atoms with Crippen molar-refractivity contribution in [1.29, 1.82) is 0 Å². The fraction of sp³-hybridized carbons (Fsp3) is 0.312. The van der Waals surface area contributed by atoms with Crippen molar-refractivity contribution in [3.05, 3.63) is 89.7 Å². The van der Waals surface area contributed by atoms with Crippen molar-refractivity contribution in [3.63, 3.8) is 0 Å². The molecule has 0 bridgehead atoms. The van der Waals surface area contributed by atoms with Gasteiger partial charge in [0.15, 0.2) is 5.82 Å². The van der Waals surface area contributed by atoms with Gasteiger partial charge in [-0.05, 0) is 85.2 Å². The summed E-state index contributed by atoms with van der Waals surface area (Å²) in [5.41, 5.74) is 6.46. The predicted octanol–water partition coefficient (Wildman–Crippen LogP) is 7.13. The van der Waals surface area contributed by atoms with Gasteiger partial charge in [-0.15, -0.1) is 0 Å². The Hall–Kier alpha value is -4.26. The van der Waals surface area contributed by atoms with E-state index < -0.39 is 0 Å². The summed E-state index contributed by atoms with van der Waals surface area (Å²) in [5.74, 6) is 0.862. The lowest BCUT2D eigenvalue weighted by Crippen LogP contribution is -2.29. The van der Waals surface area contributed by atoms with Crippen LogP contribution in [0.2, 0.25) is 0 Å². The Bertz CT molecular complexity index is 1440. The van der Waals surface area contributed by atoms with Crippen LogP contribution in [0, 0.1) is 6.92 Å². The lowest BCUT2D eigenvalue weighted by molar-refractivity contribution is 0.102. The van der Waals surface area contributed by atoms with E-state index in [9.17, 15) is 4.79 Å². The molecule has 7 heteroatoms. The van der Waals surface area contributed by atoms with Gasteiger partial charge in [0.2, 0.25) is 5.95 Å². The first-order chi connectivity index (χ1) is 18.8. The smallest absolute Gasteiger partial charge is 0.255 e. The quantitative estimate of drug-likeness (QED) is 0.281. The number of hydrogen-bond donors (Lipinski definition) is 2. The second-order valence-corrected chi connectivity index (χ2v) is 11.1. The summed E-state index contributed by atoms with van der Waals surface area (Å²) >= 11 is 0. The topological polar surface area (TPSA) is 83.0 Å². The molecule has 39 heavy (non-hydrogen) atoms. The average molecular weight is 521 g/mol. The normalized spacial score (nSPS) is 13.7. The number of hydrogen-bond acceptors (Lipinski definition) is 6. The van der Waals surface area contributed by atoms with E-state index in [2.05, 4.69) is 75.5 Å². The third-order valence-electron chi connectivity index (χ3n) is 7.25. The van der Waals surface area contributed by atoms with Gasteiger partial charge in [-0.25, -0.2) is 9.97 Å². The summed E-state index contributed by atoms with van der Waals surface area (Å²) in [6, 6.07) is 21.9. The second kappa shape index (κ2) is 11.2. The van der Waals surface area contributed by atoms with E-state index in [-0.39, 0.29) is 11.3 Å². The molecule has 1 fully saturated rings. The zero-order valence-corrected chi connectivity index (χ0v) is 23.2. The van der Waals surface area contributed by atoms with Crippen LogP contribution in [0.4, 0.5) is 23.0 Å². The number of nitrogens with zero attached hydrogens (tertiary/aromatic N) is 4. The van der Waals surface area contributed by atoms with E-state index in [1.807, 2.05) is 49.4 Å². The number of anilines is 4. The number of nitrogens with one attached hydrogen (secondary N) is 2. The monoisotopic (exact) mass is 520 g/mol. The first-order valence-electron chi connectivity index (χ1n) is 13.6. The van der Waals surface area contributed by atoms with E-state index in [4.69, 9.17) is 0 Å². The molecule has 0 radical (unpaired) electrons. The van der Waals surface area contributed by atoms with Crippen molar-refractivity contribution < 1.29 is 4.79 Å². The van der Waals surface area contributed by atoms with Crippen molar-refractivity contribution in [2.75, 3.05) is 28.6 Å². The number of piperidine rings is 1. The zero-order chi connectivity index (χ0) is 27.4. The lowest BCUT2D eigenvalue weighted by atomic mass is 9.86. The Labute approximate surface area is 230 Å². The number of amides is 1. The fourth-order valence-corrected chi connectivity index (χ4v) is 4.85. The maximum absolute atomic E-state index is 13.0. The molecule has 3 aromatic carbocycles. The molecule has 0 saturated carbocycles. The van der Waals surface area contributed by atoms with Crippen LogP contribution in [-0.2, 0) is 5.41 Å². The molecule has 2 N–H and O–H groups in total. The highest BCUT2D eigenvalue weighted by molar-refractivity contribution is 6.05. The maximum Gasteiger partial charge on any atom is 0.255 e. The standard InChI is InChI=1S/C32H36N6O/c1-22-27(9-8-10-28(22)36-30(39)23-11-13-24(14-12-23)32(2,3)4)29-33-21-34-31(37-29)35-25-15-17-26(18-16-25)38-19-6-5-7-20-38/h8-18,21H,5-7,19-20H2,1-4H3,(H,36,39)(H,33,34,35,37). The molecule has 1 saturated heterocycles. The highest BCUT2D eigenvalue weighted by Gasteiger charge is 2.16. The third-order valence-corrected chi connectivity index (χ3v) is 7.25. The second-order valence-electron chi connectivity index (χ2n) is 11.1. The van der Waals surface area contributed by atoms with Gasteiger partial charge in [0, 0.05) is 41.3 Å². The van der Waals surface area contributed by atoms with Crippen molar-refractivity contribution in [2.45, 2.75) is 52.4 Å². The molecular formula is C32H36N6O. The molecule has 1 amide bonds. The van der Waals surface area contributed by atoms with Gasteiger partial charge in [0.1, 0.15) is 6.33 Å². The average Bonchev–Trinajstić information content (AvgIpc) is 2.95. The predicted molar refractivity (Wildman–Crippen MR) is 159 cm³/mol. The van der Waals surface area contributed by atoms with Gasteiger partial charge in [0.05, 0.1) is 0 Å². The van der Waals surface area contributed by atoms with Crippen molar-refractivity contribution in [1.82, 2.24) is 15.0 Å². The molecule has 1 aliphatic heterocycles. The Morgan fingerprint density at radius 1 is 0.872 bits per heavy atom. The van der Waals surface area contributed by atoms with Crippen LogP contribution >= 0.6 is 0 Å². The third kappa shape index (κ3) is 6.25. The van der Waals surface area contributed by atoms with Crippen LogP contribution in [0.1, 0.15) is 61.5 Å². The van der Waals surface area contributed by atoms with E-state index in [1.54, 1.807) is 0 Å². The molecule has 1 aromatic heterocycles. The van der Waals surface area contributed by atoms with E-state index in [1.165, 1.54) is 36.8 Å². The largest absolute Gasteiger partial charge is 0.372 e. The zero-order valence-electron chi connectivity index (χ0n) is 23.2. The molecule has 4 aromatic rings. The van der Waals surface area contributed by atoms with Crippen LogP contribution < -0.4 is 15.5 Å². The van der Waals surface area contributed by atoms with E-state index >= 15 is 0 Å². The van der Waals surface area contributed by atoms with Gasteiger partial charge in [-0.2, -0.15) is 4.98 Å². The summed E-state index contributed by atoms with van der Waals surface area (Å²) in [5, 5.41) is 6.35. The van der Waals surface area contributed by atoms with Gasteiger partial charge < -0.3 is 15.5 Å². The van der Waals surface area contributed by atoms with Gasteiger partial charge >= 0.3 is 0 Å². The number of carbonyl (C=O) groups is 1. The van der Waals surface area contributed by atoms with Crippen molar-refractivity contribution >= 4 is 28.9 Å². The first-order valence-corrected chi connectivity index (χ1v) is 13.6. The van der Waals surface area contributed by atoms with E-state index in [0.717, 1.165) is 35.6 Å². The van der Waals surface area contributed by atoms with Crippen LogP contribution in [0.3, 0.4) is 0 Å². The summed E-state index contributed by atoms with van der Waals surface area (Å²) in [4.78, 5) is 28.8. The molecule has 0 atom stereocenters. The summed E-state index contributed by atoms with van der Waals surface area (Å²) in [7, 11) is 0. The van der Waals surface area contributed by atoms with E-state index in [0.29, 0.717) is 17.3 Å². The Morgan fingerprint density at radius 2 is 1.59 bits per heavy atom. The minimum absolute atomic E-state index is 0.0364. The number of carbonyl (C=O) groups excluding carboxylic acids is 1. The summed E-state index contributed by atoms with van der Waals surface area (Å²) < 4.78 is 0. The Kier molecular flexibility index (Phi) is 7.59. The summed E-state index contributed by atoms with van der Waals surface area (Å²) in [6.45, 7) is 10.7. The molecule has 0 aliphatic carbocycles. The molecule has 0 unspecified atom stereocenters. The van der Waals surface area contributed by atoms with Crippen molar-refractivity contribution in [2.24, 2.45) is 0 Å². The van der Waals surface area contributed by atoms with Gasteiger partial charge in [-0.3, -0.25) is 4.79 Å². The molecule has 2 heterocycles. The highest BCUT2D eigenvalue weighted by Crippen LogP contribution is 2.28. The summed E-state index contributed by atoms with van der Waals surface area (Å²) in [6.07, 6.45) is 5.33. The number of rotatable bonds is 6. The number of benzene rings is 3. The Morgan fingerprint density at radius 3 is 2.28 bits per heavy atom. The lowest BCUT2D eigenvalue weighted by Gasteiger charge is -2.28. The molecule has 5 rings (SSSR count). The number of aromatic nitrogens is 3. The molecule has 200 valence electrons. The fourth-order valence-electron chi connectivity index (χ4n) is 4.85.